The monoisotopic (exact) mass is 268 g/mol. The molecule has 19 heavy (non-hydrogen) atoms. The summed E-state index contributed by atoms with van der Waals surface area (Å²) in [7, 11) is 4.05. The minimum Gasteiger partial charge on any atom is -0.368 e. The van der Waals surface area contributed by atoms with Crippen molar-refractivity contribution in [1.82, 2.24) is 15.1 Å². The zero-order valence-corrected chi connectivity index (χ0v) is 12.6. The molecule has 1 heterocycles. The smallest absolute Gasteiger partial charge is 0.237 e. The van der Waals surface area contributed by atoms with E-state index in [1.807, 2.05) is 7.05 Å². The fraction of sp³-hybridized carbons (Fsp3) is 0.929. The van der Waals surface area contributed by atoms with Gasteiger partial charge in [0.15, 0.2) is 0 Å². The van der Waals surface area contributed by atoms with Crippen LogP contribution in [0, 0.1) is 0 Å². The molecule has 5 heteroatoms. The van der Waals surface area contributed by atoms with Crippen LogP contribution in [-0.2, 0) is 4.79 Å². The van der Waals surface area contributed by atoms with E-state index < -0.39 is 5.54 Å². The topological polar surface area (TPSA) is 61.6 Å². The Morgan fingerprint density at radius 1 is 1.32 bits per heavy atom. The number of hydrogen-bond donors (Lipinski definition) is 2. The first-order chi connectivity index (χ1) is 8.89. The number of primary amides is 1. The Bertz CT molecular complexity index is 336. The zero-order valence-electron chi connectivity index (χ0n) is 12.6. The second-order valence-electron chi connectivity index (χ2n) is 6.41. The van der Waals surface area contributed by atoms with Crippen LogP contribution < -0.4 is 11.1 Å². The van der Waals surface area contributed by atoms with Crippen LogP contribution in [0.1, 0.15) is 33.1 Å². The molecule has 2 fully saturated rings. The Labute approximate surface area is 116 Å². The molecule has 5 nitrogen and oxygen atoms in total. The lowest BCUT2D eigenvalue weighted by molar-refractivity contribution is -0.124. The second-order valence-corrected chi connectivity index (χ2v) is 6.41. The van der Waals surface area contributed by atoms with Crippen molar-refractivity contribution in [3.63, 3.8) is 0 Å². The van der Waals surface area contributed by atoms with E-state index in [2.05, 4.69) is 36.0 Å². The molecule has 0 aromatic rings. The first-order valence-electron chi connectivity index (χ1n) is 7.34. The van der Waals surface area contributed by atoms with Gasteiger partial charge in [-0.2, -0.15) is 0 Å². The summed E-state index contributed by atoms with van der Waals surface area (Å²) in [6.45, 7) is 6.72. The number of nitrogens with two attached hydrogens (primary N) is 1. The molecule has 1 saturated heterocycles. The summed E-state index contributed by atoms with van der Waals surface area (Å²) in [5.41, 5.74) is 5.10. The Balaban J connectivity index is 2.03. The molecule has 2 aliphatic rings. The van der Waals surface area contributed by atoms with Gasteiger partial charge in [-0.05, 0) is 47.2 Å². The number of amides is 1. The SMILES string of the molecule is CNC1(C(N)=O)CCC(N2CC(C)N(C)C(C)C2)C1. The van der Waals surface area contributed by atoms with E-state index in [-0.39, 0.29) is 5.91 Å². The molecule has 0 spiro atoms. The average molecular weight is 268 g/mol. The summed E-state index contributed by atoms with van der Waals surface area (Å²) < 4.78 is 0. The van der Waals surface area contributed by atoms with Gasteiger partial charge in [-0.15, -0.1) is 0 Å². The van der Waals surface area contributed by atoms with E-state index in [1.54, 1.807) is 0 Å². The molecule has 3 N–H and O–H groups in total. The molecule has 4 atom stereocenters. The van der Waals surface area contributed by atoms with E-state index in [1.165, 1.54) is 0 Å². The predicted octanol–water partition coefficient (Wildman–Crippen LogP) is 0.00680. The number of piperazine rings is 1. The summed E-state index contributed by atoms with van der Waals surface area (Å²) in [6, 6.07) is 1.63. The van der Waals surface area contributed by atoms with Gasteiger partial charge in [-0.1, -0.05) is 0 Å². The molecule has 4 unspecified atom stereocenters. The second kappa shape index (κ2) is 5.38. The standard InChI is InChI=1S/C14H28N4O/c1-10-8-18(9-11(2)17(10)4)12-5-6-14(7-12,16-3)13(15)19/h10-12,16H,5-9H2,1-4H3,(H2,15,19). The van der Waals surface area contributed by atoms with Gasteiger partial charge in [0.2, 0.25) is 5.91 Å². The van der Waals surface area contributed by atoms with Crippen molar-refractivity contribution < 1.29 is 4.79 Å². The highest BCUT2D eigenvalue weighted by Gasteiger charge is 2.45. The molecule has 2 rings (SSSR count). The summed E-state index contributed by atoms with van der Waals surface area (Å²) in [5, 5.41) is 3.17. The lowest BCUT2D eigenvalue weighted by atomic mass is 9.96. The molecule has 1 amide bonds. The van der Waals surface area contributed by atoms with Crippen LogP contribution in [0.2, 0.25) is 0 Å². The maximum Gasteiger partial charge on any atom is 0.237 e. The molecule has 1 aliphatic heterocycles. The first kappa shape index (κ1) is 14.8. The van der Waals surface area contributed by atoms with Crippen LogP contribution in [0.25, 0.3) is 0 Å². The lowest BCUT2D eigenvalue weighted by Crippen LogP contribution is -2.58. The largest absolute Gasteiger partial charge is 0.368 e. The van der Waals surface area contributed by atoms with Crippen LogP contribution in [0.15, 0.2) is 0 Å². The minimum atomic E-state index is -0.486. The third-order valence-corrected chi connectivity index (χ3v) is 5.34. The third kappa shape index (κ3) is 2.64. The minimum absolute atomic E-state index is 0.201. The average Bonchev–Trinajstić information content (AvgIpc) is 2.81. The number of nitrogens with one attached hydrogen (secondary N) is 1. The quantitative estimate of drug-likeness (QED) is 0.757. The number of nitrogens with zero attached hydrogens (tertiary/aromatic N) is 2. The van der Waals surface area contributed by atoms with Crippen LogP contribution in [0.5, 0.6) is 0 Å². The molecule has 0 aromatic heterocycles. The highest BCUT2D eigenvalue weighted by Crippen LogP contribution is 2.34. The predicted molar refractivity (Wildman–Crippen MR) is 76.9 cm³/mol. The van der Waals surface area contributed by atoms with E-state index in [9.17, 15) is 4.79 Å². The maximum atomic E-state index is 11.7. The maximum absolute atomic E-state index is 11.7. The van der Waals surface area contributed by atoms with Crippen molar-refractivity contribution in [2.24, 2.45) is 5.73 Å². The molecule has 0 aromatic carbocycles. The molecular formula is C14H28N4O. The van der Waals surface area contributed by atoms with Crippen molar-refractivity contribution in [1.29, 1.82) is 0 Å². The van der Waals surface area contributed by atoms with Gasteiger partial charge in [0.05, 0.1) is 5.54 Å². The highest BCUT2D eigenvalue weighted by atomic mass is 16.1. The van der Waals surface area contributed by atoms with Crippen molar-refractivity contribution >= 4 is 5.91 Å². The Hall–Kier alpha value is -0.650. The fourth-order valence-corrected chi connectivity index (χ4v) is 3.65. The van der Waals surface area contributed by atoms with E-state index in [0.717, 1.165) is 32.4 Å². The summed E-state index contributed by atoms with van der Waals surface area (Å²) >= 11 is 0. The van der Waals surface area contributed by atoms with Gasteiger partial charge >= 0.3 is 0 Å². The number of carbonyl (C=O) groups is 1. The molecule has 110 valence electrons. The Morgan fingerprint density at radius 3 is 2.32 bits per heavy atom. The number of rotatable bonds is 3. The molecule has 0 radical (unpaired) electrons. The van der Waals surface area contributed by atoms with Crippen LogP contribution in [0.3, 0.4) is 0 Å². The first-order valence-corrected chi connectivity index (χ1v) is 7.34. The molecule has 1 saturated carbocycles. The van der Waals surface area contributed by atoms with Gasteiger partial charge in [-0.25, -0.2) is 0 Å². The number of likely N-dealkylation sites (N-methyl/N-ethyl adjacent to an activating group) is 2. The van der Waals surface area contributed by atoms with Crippen molar-refractivity contribution in [3.05, 3.63) is 0 Å². The van der Waals surface area contributed by atoms with Gasteiger partial charge in [0.25, 0.3) is 0 Å². The Kier molecular flexibility index (Phi) is 4.18. The van der Waals surface area contributed by atoms with Gasteiger partial charge in [-0.3, -0.25) is 14.6 Å². The third-order valence-electron chi connectivity index (χ3n) is 5.34. The van der Waals surface area contributed by atoms with Crippen LogP contribution in [-0.4, -0.2) is 66.6 Å². The van der Waals surface area contributed by atoms with Crippen LogP contribution in [0.4, 0.5) is 0 Å². The Morgan fingerprint density at radius 2 is 1.89 bits per heavy atom. The van der Waals surface area contributed by atoms with E-state index in [0.29, 0.717) is 18.1 Å². The molecule has 0 bridgehead atoms. The lowest BCUT2D eigenvalue weighted by Gasteiger charge is -2.45. The van der Waals surface area contributed by atoms with E-state index >= 15 is 0 Å². The normalized spacial score (nSPS) is 41.6. The van der Waals surface area contributed by atoms with Gasteiger partial charge in [0.1, 0.15) is 0 Å². The van der Waals surface area contributed by atoms with Crippen molar-refractivity contribution in [2.45, 2.75) is 56.8 Å². The zero-order chi connectivity index (χ0) is 14.2. The fourth-order valence-electron chi connectivity index (χ4n) is 3.65. The number of hydrogen-bond acceptors (Lipinski definition) is 4. The summed E-state index contributed by atoms with van der Waals surface area (Å²) in [6.07, 6.45) is 2.77. The van der Waals surface area contributed by atoms with Crippen molar-refractivity contribution in [3.8, 4) is 0 Å². The summed E-state index contributed by atoms with van der Waals surface area (Å²) in [4.78, 5) is 16.7. The van der Waals surface area contributed by atoms with E-state index in [4.69, 9.17) is 5.73 Å². The highest BCUT2D eigenvalue weighted by molar-refractivity contribution is 5.85. The van der Waals surface area contributed by atoms with Gasteiger partial charge in [0, 0.05) is 31.2 Å². The summed E-state index contributed by atoms with van der Waals surface area (Å²) in [5.74, 6) is -0.201. The van der Waals surface area contributed by atoms with Crippen molar-refractivity contribution in [2.75, 3.05) is 27.2 Å². The van der Waals surface area contributed by atoms with Crippen LogP contribution >= 0.6 is 0 Å². The molecular weight excluding hydrogens is 240 g/mol. The number of carbonyl (C=O) groups excluding carboxylic acids is 1. The molecule has 1 aliphatic carbocycles. The van der Waals surface area contributed by atoms with Gasteiger partial charge < -0.3 is 11.1 Å².